The van der Waals surface area contributed by atoms with E-state index in [2.05, 4.69) is 6.07 Å². The van der Waals surface area contributed by atoms with E-state index in [0.717, 1.165) is 22.1 Å². The molecule has 1 N–H and O–H groups in total. The third kappa shape index (κ3) is 3.03. The molecule has 0 atom stereocenters. The van der Waals surface area contributed by atoms with Crippen molar-refractivity contribution in [3.05, 3.63) is 77.9 Å². The molecule has 3 aromatic carbocycles. The molecule has 0 radical (unpaired) electrons. The topological polar surface area (TPSA) is 46.5 Å². The van der Waals surface area contributed by atoms with E-state index in [0.29, 0.717) is 6.61 Å². The largest absolute Gasteiger partial charge is 0.489 e. The van der Waals surface area contributed by atoms with E-state index in [1.165, 1.54) is 0 Å². The number of aromatic carboxylic acids is 1. The molecule has 0 aliphatic heterocycles. The Bertz CT molecular complexity index is 793. The fraction of sp³-hybridized carbons (Fsp3) is 0.0556. The number of fused-ring (bicyclic) bond motifs is 1. The summed E-state index contributed by atoms with van der Waals surface area (Å²) < 4.78 is 5.74. The molecule has 0 aliphatic rings. The Morgan fingerprint density at radius 3 is 2.52 bits per heavy atom. The second kappa shape index (κ2) is 5.67. The maximum atomic E-state index is 10.9. The molecule has 0 aromatic heterocycles. The maximum Gasteiger partial charge on any atom is 0.335 e. The Hall–Kier alpha value is -2.81. The average molecular weight is 278 g/mol. The van der Waals surface area contributed by atoms with E-state index in [9.17, 15) is 4.79 Å². The van der Waals surface area contributed by atoms with Gasteiger partial charge in [-0.1, -0.05) is 42.5 Å². The fourth-order valence-corrected chi connectivity index (χ4v) is 2.22. The molecule has 0 fully saturated rings. The van der Waals surface area contributed by atoms with E-state index in [1.54, 1.807) is 18.2 Å². The van der Waals surface area contributed by atoms with Gasteiger partial charge in [0.2, 0.25) is 0 Å². The van der Waals surface area contributed by atoms with Gasteiger partial charge in [0, 0.05) is 0 Å². The maximum absolute atomic E-state index is 10.9. The Morgan fingerprint density at radius 2 is 1.71 bits per heavy atom. The molecule has 3 heteroatoms. The van der Waals surface area contributed by atoms with Crippen LogP contribution >= 0.6 is 0 Å². The summed E-state index contributed by atoms with van der Waals surface area (Å²) in [5.41, 5.74) is 1.11. The van der Waals surface area contributed by atoms with Gasteiger partial charge in [-0.05, 0) is 40.6 Å². The lowest BCUT2D eigenvalue weighted by Crippen LogP contribution is -2.00. The fourth-order valence-electron chi connectivity index (χ4n) is 2.22. The summed E-state index contributed by atoms with van der Waals surface area (Å²) in [5.74, 6) is -0.156. The van der Waals surface area contributed by atoms with E-state index in [4.69, 9.17) is 9.84 Å². The summed E-state index contributed by atoms with van der Waals surface area (Å²) in [5, 5.41) is 11.3. The van der Waals surface area contributed by atoms with Gasteiger partial charge in [-0.2, -0.15) is 0 Å². The second-order valence-electron chi connectivity index (χ2n) is 4.80. The van der Waals surface area contributed by atoms with Crippen molar-refractivity contribution >= 4 is 16.7 Å². The lowest BCUT2D eigenvalue weighted by atomic mass is 10.1. The van der Waals surface area contributed by atoms with Gasteiger partial charge in [-0.25, -0.2) is 4.79 Å². The Kier molecular flexibility index (Phi) is 3.56. The standard InChI is InChI=1S/C18H14O3/c19-18(20)16-7-3-4-13(10-16)12-21-17-9-8-14-5-1-2-6-15(14)11-17/h1-11H,12H2,(H,19,20). The number of ether oxygens (including phenoxy) is 1. The summed E-state index contributed by atoms with van der Waals surface area (Å²) in [6.45, 7) is 0.347. The molecule has 21 heavy (non-hydrogen) atoms. The van der Waals surface area contributed by atoms with Gasteiger partial charge >= 0.3 is 5.97 Å². The van der Waals surface area contributed by atoms with Crippen LogP contribution in [0.5, 0.6) is 5.75 Å². The Balaban J connectivity index is 1.77. The van der Waals surface area contributed by atoms with Crippen LogP contribution in [0.3, 0.4) is 0 Å². The van der Waals surface area contributed by atoms with Gasteiger partial charge in [0.05, 0.1) is 5.56 Å². The third-order valence-electron chi connectivity index (χ3n) is 3.30. The lowest BCUT2D eigenvalue weighted by Gasteiger charge is -2.08. The third-order valence-corrected chi connectivity index (χ3v) is 3.30. The molecule has 3 nitrogen and oxygen atoms in total. The highest BCUT2D eigenvalue weighted by atomic mass is 16.5. The summed E-state index contributed by atoms with van der Waals surface area (Å²) in [6, 6.07) is 20.8. The van der Waals surface area contributed by atoms with Crippen molar-refractivity contribution in [2.75, 3.05) is 0 Å². The van der Waals surface area contributed by atoms with Crippen LogP contribution in [0.2, 0.25) is 0 Å². The number of carboxylic acids is 1. The van der Waals surface area contributed by atoms with Gasteiger partial charge in [0.1, 0.15) is 12.4 Å². The summed E-state index contributed by atoms with van der Waals surface area (Å²) in [7, 11) is 0. The predicted octanol–water partition coefficient (Wildman–Crippen LogP) is 4.12. The van der Waals surface area contributed by atoms with E-state index in [-0.39, 0.29) is 5.56 Å². The molecule has 0 heterocycles. The van der Waals surface area contributed by atoms with Gasteiger partial charge in [0.25, 0.3) is 0 Å². The Morgan fingerprint density at radius 1 is 0.905 bits per heavy atom. The van der Waals surface area contributed by atoms with Crippen molar-refractivity contribution in [2.24, 2.45) is 0 Å². The summed E-state index contributed by atoms with van der Waals surface area (Å²) >= 11 is 0. The van der Waals surface area contributed by atoms with Crippen LogP contribution in [0.15, 0.2) is 66.7 Å². The molecule has 3 aromatic rings. The molecular weight excluding hydrogens is 264 g/mol. The molecule has 104 valence electrons. The Labute approximate surface area is 122 Å². The second-order valence-corrected chi connectivity index (χ2v) is 4.80. The van der Waals surface area contributed by atoms with Crippen LogP contribution in [0, 0.1) is 0 Å². The van der Waals surface area contributed by atoms with Gasteiger partial charge < -0.3 is 9.84 Å². The zero-order valence-corrected chi connectivity index (χ0v) is 11.3. The van der Waals surface area contributed by atoms with Gasteiger partial charge in [-0.15, -0.1) is 0 Å². The van der Waals surface area contributed by atoms with Crippen molar-refractivity contribution in [1.29, 1.82) is 0 Å². The molecule has 0 aliphatic carbocycles. The number of hydrogen-bond acceptors (Lipinski definition) is 2. The van der Waals surface area contributed by atoms with Crippen LogP contribution in [0.1, 0.15) is 15.9 Å². The lowest BCUT2D eigenvalue weighted by molar-refractivity contribution is 0.0696. The van der Waals surface area contributed by atoms with Crippen LogP contribution in [-0.2, 0) is 6.61 Å². The van der Waals surface area contributed by atoms with Crippen LogP contribution in [0.4, 0.5) is 0 Å². The molecule has 0 spiro atoms. The SMILES string of the molecule is O=C(O)c1cccc(COc2ccc3ccccc3c2)c1. The number of hydrogen-bond donors (Lipinski definition) is 1. The molecular formula is C18H14O3. The van der Waals surface area contributed by atoms with Crippen molar-refractivity contribution in [3.63, 3.8) is 0 Å². The minimum atomic E-state index is -0.928. The highest BCUT2D eigenvalue weighted by molar-refractivity contribution is 5.87. The normalized spacial score (nSPS) is 10.5. The van der Waals surface area contributed by atoms with E-state index in [1.807, 2.05) is 42.5 Å². The first-order valence-electron chi connectivity index (χ1n) is 6.66. The molecule has 0 unspecified atom stereocenters. The highest BCUT2D eigenvalue weighted by Crippen LogP contribution is 2.21. The van der Waals surface area contributed by atoms with Crippen molar-refractivity contribution < 1.29 is 14.6 Å². The molecule has 3 rings (SSSR count). The van der Waals surface area contributed by atoms with Crippen molar-refractivity contribution in [1.82, 2.24) is 0 Å². The number of benzene rings is 3. The predicted molar refractivity (Wildman–Crippen MR) is 81.7 cm³/mol. The first kappa shape index (κ1) is 13.2. The first-order chi connectivity index (χ1) is 10.2. The number of rotatable bonds is 4. The van der Waals surface area contributed by atoms with Crippen LogP contribution in [0.25, 0.3) is 10.8 Å². The minimum Gasteiger partial charge on any atom is -0.489 e. The summed E-state index contributed by atoms with van der Waals surface area (Å²) in [4.78, 5) is 10.9. The van der Waals surface area contributed by atoms with E-state index >= 15 is 0 Å². The summed E-state index contributed by atoms with van der Waals surface area (Å²) in [6.07, 6.45) is 0. The number of carbonyl (C=O) groups is 1. The highest BCUT2D eigenvalue weighted by Gasteiger charge is 2.04. The van der Waals surface area contributed by atoms with Crippen LogP contribution < -0.4 is 4.74 Å². The van der Waals surface area contributed by atoms with Crippen molar-refractivity contribution in [2.45, 2.75) is 6.61 Å². The monoisotopic (exact) mass is 278 g/mol. The quantitative estimate of drug-likeness (QED) is 0.781. The number of carboxylic acid groups (broad SMARTS) is 1. The first-order valence-corrected chi connectivity index (χ1v) is 6.66. The molecule has 0 bridgehead atoms. The van der Waals surface area contributed by atoms with Gasteiger partial charge in [-0.3, -0.25) is 0 Å². The smallest absolute Gasteiger partial charge is 0.335 e. The molecule has 0 saturated carbocycles. The zero-order valence-electron chi connectivity index (χ0n) is 11.3. The van der Waals surface area contributed by atoms with Crippen LogP contribution in [-0.4, -0.2) is 11.1 Å². The minimum absolute atomic E-state index is 0.273. The molecule has 0 saturated heterocycles. The zero-order chi connectivity index (χ0) is 14.7. The van der Waals surface area contributed by atoms with Gasteiger partial charge in [0.15, 0.2) is 0 Å². The molecule has 0 amide bonds. The van der Waals surface area contributed by atoms with Crippen molar-refractivity contribution in [3.8, 4) is 5.75 Å². The van der Waals surface area contributed by atoms with E-state index < -0.39 is 5.97 Å². The average Bonchev–Trinajstić information content (AvgIpc) is 2.53.